The molecule has 0 spiro atoms. The number of hydrogen-bond donors (Lipinski definition) is 2. The predicted octanol–water partition coefficient (Wildman–Crippen LogP) is 6.31. The number of aliphatic hydroxyl groups is 1. The van der Waals surface area contributed by atoms with Crippen molar-refractivity contribution >= 4 is 16.2 Å². The van der Waals surface area contributed by atoms with Gasteiger partial charge in [0.2, 0.25) is 0 Å². The Morgan fingerprint density at radius 3 is 1.65 bits per heavy atom. The van der Waals surface area contributed by atoms with Gasteiger partial charge in [0.25, 0.3) is 0 Å². The van der Waals surface area contributed by atoms with E-state index in [1.165, 1.54) is 109 Å². The van der Waals surface area contributed by atoms with Crippen molar-refractivity contribution in [2.75, 3.05) is 39.4 Å². The molecule has 0 bridgehead atoms. The molecule has 0 aromatic carbocycles. The van der Waals surface area contributed by atoms with Crippen LogP contribution in [-0.4, -0.2) is 67.8 Å². The Labute approximate surface area is 210 Å². The molecule has 0 amide bonds. The summed E-state index contributed by atoms with van der Waals surface area (Å²) >= 11 is 0. The summed E-state index contributed by atoms with van der Waals surface area (Å²) in [5.74, 6) is 1.36. The summed E-state index contributed by atoms with van der Waals surface area (Å²) < 4.78 is 31.6. The highest BCUT2D eigenvalue weighted by atomic mass is 32.3. The minimum atomic E-state index is -4.17. The highest BCUT2D eigenvalue weighted by Gasteiger charge is 2.35. The first-order valence-electron chi connectivity index (χ1n) is 14.0. The Morgan fingerprint density at radius 1 is 0.824 bits per heavy atom. The zero-order valence-corrected chi connectivity index (χ0v) is 23.3. The number of aliphatic imine (C=N–C) groups is 1. The normalized spacial score (nSPS) is 18.0. The van der Waals surface area contributed by atoms with Gasteiger partial charge in [-0.15, -0.1) is 0 Å². The molecule has 0 radical (unpaired) electrons. The van der Waals surface area contributed by atoms with E-state index in [-0.39, 0.29) is 13.2 Å². The quantitative estimate of drug-likeness (QED) is 0.108. The van der Waals surface area contributed by atoms with Crippen molar-refractivity contribution in [2.24, 2.45) is 4.99 Å². The molecular formula is C26H55N2O5S+. The van der Waals surface area contributed by atoms with Crippen LogP contribution in [0.15, 0.2) is 4.99 Å². The molecule has 0 saturated heterocycles. The van der Waals surface area contributed by atoms with Gasteiger partial charge in [-0.3, -0.25) is 9.04 Å². The lowest BCUT2D eigenvalue weighted by Gasteiger charge is -2.33. The molecule has 1 unspecified atom stereocenters. The molecule has 1 aliphatic heterocycles. The molecule has 1 rings (SSSR count). The molecule has 1 aliphatic rings. The van der Waals surface area contributed by atoms with E-state index < -0.39 is 10.4 Å². The number of aliphatic hydroxyl groups excluding tert-OH is 1. The summed E-state index contributed by atoms with van der Waals surface area (Å²) in [5, 5.41) is 9.37. The Hall–Kier alpha value is -0.540. The van der Waals surface area contributed by atoms with Gasteiger partial charge in [0.05, 0.1) is 26.3 Å². The van der Waals surface area contributed by atoms with Gasteiger partial charge >= 0.3 is 10.4 Å². The summed E-state index contributed by atoms with van der Waals surface area (Å²) in [6.45, 7) is 10.3. The van der Waals surface area contributed by atoms with Crippen LogP contribution in [0.5, 0.6) is 0 Å². The van der Waals surface area contributed by atoms with Gasteiger partial charge in [-0.05, 0) is 20.3 Å². The van der Waals surface area contributed by atoms with Crippen molar-refractivity contribution in [3.05, 3.63) is 0 Å². The third-order valence-corrected chi connectivity index (χ3v) is 7.31. The smallest absolute Gasteiger partial charge is 0.390 e. The molecule has 0 saturated carbocycles. The monoisotopic (exact) mass is 507 g/mol. The first-order chi connectivity index (χ1) is 16.3. The Kier molecular flexibility index (Phi) is 21.4. The van der Waals surface area contributed by atoms with E-state index in [9.17, 15) is 13.5 Å². The standard InChI is InChI=1S/C24H49N2O.C2H6O4S/c1-3-5-6-7-8-9-10-11-12-13-14-15-16-17-18-19-24-25-20-21-26(24,4-2)22-23-27;1-2-6-7(3,4)5/h27H,3-23H2,1-2H3;2H2,1H3,(H,3,4,5)/q+1;. The van der Waals surface area contributed by atoms with Crippen molar-refractivity contribution in [2.45, 2.75) is 124 Å². The topological polar surface area (TPSA) is 96.2 Å². The third kappa shape index (κ3) is 17.8. The molecular weight excluding hydrogens is 452 g/mol. The Balaban J connectivity index is 0.00000135. The van der Waals surface area contributed by atoms with Crippen molar-refractivity contribution in [1.82, 2.24) is 0 Å². The highest BCUT2D eigenvalue weighted by Crippen LogP contribution is 2.20. The van der Waals surface area contributed by atoms with Gasteiger partial charge in [0, 0.05) is 6.42 Å². The van der Waals surface area contributed by atoms with E-state index in [0.717, 1.165) is 37.1 Å². The van der Waals surface area contributed by atoms with Crippen LogP contribution >= 0.6 is 0 Å². The average Bonchev–Trinajstić information content (AvgIpc) is 3.19. The van der Waals surface area contributed by atoms with Crippen molar-refractivity contribution < 1.29 is 26.7 Å². The summed E-state index contributed by atoms with van der Waals surface area (Å²) in [6.07, 6.45) is 22.4. The van der Waals surface area contributed by atoms with E-state index in [0.29, 0.717) is 0 Å². The Bertz CT molecular complexity index is 598. The number of amidine groups is 1. The van der Waals surface area contributed by atoms with Gasteiger partial charge < -0.3 is 5.11 Å². The Morgan fingerprint density at radius 2 is 1.29 bits per heavy atom. The van der Waals surface area contributed by atoms with Crippen LogP contribution in [0.25, 0.3) is 0 Å². The fourth-order valence-electron chi connectivity index (χ4n) is 4.70. The summed E-state index contributed by atoms with van der Waals surface area (Å²) in [4.78, 5) is 4.76. The zero-order valence-electron chi connectivity index (χ0n) is 22.5. The first kappa shape index (κ1) is 33.5. The summed E-state index contributed by atoms with van der Waals surface area (Å²) in [6, 6.07) is 0. The number of rotatable bonds is 21. The molecule has 1 heterocycles. The lowest BCUT2D eigenvalue weighted by Crippen LogP contribution is -2.52. The fraction of sp³-hybridized carbons (Fsp3) is 0.962. The van der Waals surface area contributed by atoms with Crippen LogP contribution in [0.1, 0.15) is 124 Å². The molecule has 2 N–H and O–H groups in total. The van der Waals surface area contributed by atoms with Crippen LogP contribution in [0, 0.1) is 0 Å². The van der Waals surface area contributed by atoms with Crippen molar-refractivity contribution in [1.29, 1.82) is 0 Å². The van der Waals surface area contributed by atoms with Crippen LogP contribution in [0.4, 0.5) is 0 Å². The van der Waals surface area contributed by atoms with Crippen molar-refractivity contribution in [3.8, 4) is 0 Å². The molecule has 0 aromatic heterocycles. The summed E-state index contributed by atoms with van der Waals surface area (Å²) in [7, 11) is -4.17. The first-order valence-corrected chi connectivity index (χ1v) is 15.3. The third-order valence-electron chi connectivity index (χ3n) is 6.77. The maximum absolute atomic E-state index is 9.56. The second-order valence-corrected chi connectivity index (χ2v) is 10.6. The van der Waals surface area contributed by atoms with Crippen LogP contribution in [0.2, 0.25) is 0 Å². The largest absolute Gasteiger partial charge is 0.397 e. The number of unbranched alkanes of at least 4 members (excludes halogenated alkanes) is 14. The maximum atomic E-state index is 9.56. The lowest BCUT2D eigenvalue weighted by molar-refractivity contribution is -0.835. The zero-order chi connectivity index (χ0) is 25.5. The number of quaternary nitrogens is 1. The second-order valence-electron chi connectivity index (χ2n) is 9.46. The number of hydrogen-bond acceptors (Lipinski definition) is 5. The van der Waals surface area contributed by atoms with Gasteiger partial charge in [0.1, 0.15) is 13.1 Å². The molecule has 204 valence electrons. The molecule has 34 heavy (non-hydrogen) atoms. The lowest BCUT2D eigenvalue weighted by atomic mass is 10.0. The molecule has 8 heteroatoms. The van der Waals surface area contributed by atoms with E-state index in [2.05, 4.69) is 18.0 Å². The highest BCUT2D eigenvalue weighted by molar-refractivity contribution is 7.80. The van der Waals surface area contributed by atoms with E-state index in [1.807, 2.05) is 0 Å². The maximum Gasteiger partial charge on any atom is 0.397 e. The average molecular weight is 508 g/mol. The molecule has 1 atom stereocenters. The fourth-order valence-corrected chi connectivity index (χ4v) is 5.00. The van der Waals surface area contributed by atoms with E-state index in [4.69, 9.17) is 9.55 Å². The van der Waals surface area contributed by atoms with Crippen LogP contribution in [0.3, 0.4) is 0 Å². The van der Waals surface area contributed by atoms with Crippen molar-refractivity contribution in [3.63, 3.8) is 0 Å². The molecule has 0 fully saturated rings. The minimum absolute atomic E-state index is 0.0289. The second kappa shape index (κ2) is 21.7. The molecule has 7 nitrogen and oxygen atoms in total. The van der Waals surface area contributed by atoms with Gasteiger partial charge in [-0.1, -0.05) is 96.8 Å². The van der Waals surface area contributed by atoms with Gasteiger partial charge in [-0.2, -0.15) is 8.42 Å². The van der Waals surface area contributed by atoms with Crippen LogP contribution < -0.4 is 0 Å². The molecule has 0 aliphatic carbocycles. The number of likely N-dealkylation sites (N-methyl/N-ethyl adjacent to an activating group) is 1. The van der Waals surface area contributed by atoms with E-state index in [1.54, 1.807) is 0 Å². The van der Waals surface area contributed by atoms with Gasteiger partial charge in [-0.25, -0.2) is 9.18 Å². The van der Waals surface area contributed by atoms with E-state index >= 15 is 0 Å². The SMILES string of the molecule is CCCCCCCCCCCCCCCCCC1=NCC[N+]1(CC)CCO.CCOS(=O)(=O)O. The van der Waals surface area contributed by atoms with Gasteiger partial charge in [0.15, 0.2) is 5.84 Å². The van der Waals surface area contributed by atoms with Crippen LogP contribution in [-0.2, 0) is 14.6 Å². The minimum Gasteiger partial charge on any atom is -0.390 e. The number of nitrogens with zero attached hydrogens (tertiary/aromatic N) is 2. The predicted molar refractivity (Wildman–Crippen MR) is 143 cm³/mol. The molecule has 0 aromatic rings. The summed E-state index contributed by atoms with van der Waals surface area (Å²) in [5.41, 5.74) is 0.